The van der Waals surface area contributed by atoms with E-state index in [1.807, 2.05) is 0 Å². The monoisotopic (exact) mass is 566 g/mol. The third-order valence-corrected chi connectivity index (χ3v) is 7.74. The summed E-state index contributed by atoms with van der Waals surface area (Å²) in [4.78, 5) is 0. The Balaban J connectivity index is 1.62. The second kappa shape index (κ2) is 19.6. The van der Waals surface area contributed by atoms with Gasteiger partial charge in [-0.3, -0.25) is 0 Å². The molecule has 0 spiro atoms. The van der Waals surface area contributed by atoms with Gasteiger partial charge < -0.3 is 54.7 Å². The van der Waals surface area contributed by atoms with Crippen molar-refractivity contribution >= 4 is 0 Å². The summed E-state index contributed by atoms with van der Waals surface area (Å²) >= 11 is 0. The molecule has 0 radical (unpaired) electrons. The molecule has 11 nitrogen and oxygen atoms in total. The van der Waals surface area contributed by atoms with E-state index in [0.29, 0.717) is 6.61 Å². The minimum absolute atomic E-state index is 0.322. The molecule has 0 bridgehead atoms. The fourth-order valence-corrected chi connectivity index (χ4v) is 5.19. The maximum Gasteiger partial charge on any atom is 0.187 e. The van der Waals surface area contributed by atoms with E-state index >= 15 is 0 Å². The van der Waals surface area contributed by atoms with Gasteiger partial charge in [0.25, 0.3) is 0 Å². The molecule has 10 atom stereocenters. The predicted octanol–water partition coefficient (Wildman–Crippen LogP) is 1.11. The van der Waals surface area contributed by atoms with Crippen LogP contribution in [0.2, 0.25) is 0 Å². The zero-order valence-corrected chi connectivity index (χ0v) is 23.6. The highest BCUT2D eigenvalue weighted by Crippen LogP contribution is 2.29. The van der Waals surface area contributed by atoms with Gasteiger partial charge in [-0.2, -0.15) is 0 Å². The Morgan fingerprint density at radius 3 is 1.49 bits per heavy atom. The molecule has 0 aromatic rings. The van der Waals surface area contributed by atoms with Crippen LogP contribution in [0, 0.1) is 0 Å². The van der Waals surface area contributed by atoms with Crippen LogP contribution in [0.5, 0.6) is 0 Å². The first-order valence-corrected chi connectivity index (χ1v) is 15.1. The maximum absolute atomic E-state index is 10.6. The topological polar surface area (TPSA) is 179 Å². The van der Waals surface area contributed by atoms with Crippen LogP contribution >= 0.6 is 0 Å². The molecule has 39 heavy (non-hydrogen) atoms. The Bertz CT molecular complexity index is 608. The van der Waals surface area contributed by atoms with Gasteiger partial charge >= 0.3 is 0 Å². The summed E-state index contributed by atoms with van der Waals surface area (Å²) < 4.78 is 22.1. The van der Waals surface area contributed by atoms with Gasteiger partial charge in [0.1, 0.15) is 48.8 Å². The fraction of sp³-hybridized carbons (Fsp3) is 1.00. The smallest absolute Gasteiger partial charge is 0.187 e. The highest BCUT2D eigenvalue weighted by Gasteiger charge is 2.50. The molecule has 2 saturated heterocycles. The molecule has 11 heteroatoms. The highest BCUT2D eigenvalue weighted by atomic mass is 16.7. The molecule has 2 heterocycles. The molecule has 0 aromatic heterocycles. The SMILES string of the molecule is CCCCCCCCCCCCCCCCO[C@@H]1OC(CO)[C@H](O[C@@H]2OC(CO)[C@H](O)[C@H](O)C2O)C(O)[C@@H]1O. The molecule has 0 saturated carbocycles. The summed E-state index contributed by atoms with van der Waals surface area (Å²) in [6, 6.07) is 0. The van der Waals surface area contributed by atoms with Crippen LogP contribution in [0.15, 0.2) is 0 Å². The van der Waals surface area contributed by atoms with E-state index in [1.165, 1.54) is 70.6 Å². The van der Waals surface area contributed by atoms with Gasteiger partial charge in [0.05, 0.1) is 13.2 Å². The third-order valence-electron chi connectivity index (χ3n) is 7.74. The number of hydrogen-bond donors (Lipinski definition) is 7. The number of aliphatic hydroxyl groups is 7. The van der Waals surface area contributed by atoms with Crippen molar-refractivity contribution in [3.05, 3.63) is 0 Å². The minimum atomic E-state index is -1.69. The van der Waals surface area contributed by atoms with Crippen molar-refractivity contribution in [2.24, 2.45) is 0 Å². The predicted molar refractivity (Wildman–Crippen MR) is 143 cm³/mol. The van der Waals surface area contributed by atoms with Gasteiger partial charge in [-0.15, -0.1) is 0 Å². The Labute approximate surface area is 233 Å². The van der Waals surface area contributed by atoms with Crippen LogP contribution in [-0.2, 0) is 18.9 Å². The van der Waals surface area contributed by atoms with E-state index < -0.39 is 74.6 Å². The van der Waals surface area contributed by atoms with E-state index in [9.17, 15) is 35.7 Å². The summed E-state index contributed by atoms with van der Waals surface area (Å²) in [6.45, 7) is 1.34. The molecule has 0 aromatic carbocycles. The lowest BCUT2D eigenvalue weighted by atomic mass is 9.97. The molecule has 2 aliphatic heterocycles. The van der Waals surface area contributed by atoms with Crippen molar-refractivity contribution in [3.63, 3.8) is 0 Å². The second-order valence-electron chi connectivity index (χ2n) is 11.0. The van der Waals surface area contributed by atoms with Gasteiger partial charge in [-0.25, -0.2) is 0 Å². The molecule has 4 unspecified atom stereocenters. The number of unbranched alkanes of at least 4 members (excludes halogenated alkanes) is 13. The first-order valence-electron chi connectivity index (χ1n) is 15.1. The van der Waals surface area contributed by atoms with Crippen molar-refractivity contribution in [1.29, 1.82) is 0 Å². The Hall–Kier alpha value is -0.440. The molecule has 2 fully saturated rings. The molecule has 232 valence electrons. The van der Waals surface area contributed by atoms with Gasteiger partial charge in [0.15, 0.2) is 12.6 Å². The van der Waals surface area contributed by atoms with Gasteiger partial charge in [0.2, 0.25) is 0 Å². The van der Waals surface area contributed by atoms with Crippen LogP contribution in [0.3, 0.4) is 0 Å². The van der Waals surface area contributed by atoms with Gasteiger partial charge in [0, 0.05) is 6.61 Å². The van der Waals surface area contributed by atoms with E-state index in [4.69, 9.17) is 18.9 Å². The molecule has 0 aliphatic carbocycles. The van der Waals surface area contributed by atoms with Crippen LogP contribution in [-0.4, -0.2) is 117 Å². The van der Waals surface area contributed by atoms with Crippen LogP contribution < -0.4 is 0 Å². The lowest BCUT2D eigenvalue weighted by molar-refractivity contribution is -0.359. The molecule has 7 N–H and O–H groups in total. The highest BCUT2D eigenvalue weighted by molar-refractivity contribution is 4.94. The van der Waals surface area contributed by atoms with Crippen LogP contribution in [0.25, 0.3) is 0 Å². The van der Waals surface area contributed by atoms with E-state index in [1.54, 1.807) is 0 Å². The molecular formula is C28H54O11. The molecule has 2 aliphatic rings. The maximum atomic E-state index is 10.6. The lowest BCUT2D eigenvalue weighted by Crippen LogP contribution is -2.64. The fourth-order valence-electron chi connectivity index (χ4n) is 5.19. The summed E-state index contributed by atoms with van der Waals surface area (Å²) in [7, 11) is 0. The van der Waals surface area contributed by atoms with E-state index in [0.717, 1.165) is 19.3 Å². The van der Waals surface area contributed by atoms with Crippen molar-refractivity contribution in [2.45, 2.75) is 158 Å². The van der Waals surface area contributed by atoms with Gasteiger partial charge in [-0.1, -0.05) is 90.4 Å². The van der Waals surface area contributed by atoms with E-state index in [-0.39, 0.29) is 0 Å². The second-order valence-corrected chi connectivity index (χ2v) is 11.0. The summed E-state index contributed by atoms with van der Waals surface area (Å²) in [5.74, 6) is 0. The van der Waals surface area contributed by atoms with Gasteiger partial charge in [-0.05, 0) is 6.42 Å². The largest absolute Gasteiger partial charge is 0.394 e. The van der Waals surface area contributed by atoms with E-state index in [2.05, 4.69) is 6.92 Å². The van der Waals surface area contributed by atoms with Crippen molar-refractivity contribution in [1.82, 2.24) is 0 Å². The Morgan fingerprint density at radius 2 is 0.974 bits per heavy atom. The first-order chi connectivity index (χ1) is 18.8. The summed E-state index contributed by atoms with van der Waals surface area (Å²) in [5.41, 5.74) is 0. The number of aliphatic hydroxyl groups excluding tert-OH is 7. The minimum Gasteiger partial charge on any atom is -0.394 e. The standard InChI is InChI=1S/C28H54O11/c1-2-3-4-5-6-7-8-9-10-11-12-13-14-15-16-36-27-25(35)23(33)26(20(18-30)38-27)39-28-24(34)22(32)21(31)19(17-29)37-28/h19-35H,2-18H2,1H3/t19?,20?,21-,22-,23?,24?,25-,26-,27+,28-/m0/s1. The number of hydrogen-bond acceptors (Lipinski definition) is 11. The average Bonchev–Trinajstić information content (AvgIpc) is 2.94. The van der Waals surface area contributed by atoms with Crippen LogP contribution in [0.4, 0.5) is 0 Å². The molecule has 2 rings (SSSR count). The van der Waals surface area contributed by atoms with Crippen molar-refractivity contribution in [3.8, 4) is 0 Å². The molecular weight excluding hydrogens is 512 g/mol. The molecule has 0 amide bonds. The number of rotatable bonds is 20. The quantitative estimate of drug-likeness (QED) is 0.105. The van der Waals surface area contributed by atoms with Crippen molar-refractivity contribution < 1.29 is 54.7 Å². The third kappa shape index (κ3) is 11.4. The first kappa shape index (κ1) is 34.8. The normalized spacial score (nSPS) is 35.4. The van der Waals surface area contributed by atoms with Crippen molar-refractivity contribution in [2.75, 3.05) is 19.8 Å². The lowest BCUT2D eigenvalue weighted by Gasteiger charge is -2.45. The summed E-state index contributed by atoms with van der Waals surface area (Å²) in [6.07, 6.45) is 2.97. The Morgan fingerprint density at radius 1 is 0.513 bits per heavy atom. The zero-order valence-electron chi connectivity index (χ0n) is 23.6. The van der Waals surface area contributed by atoms with Crippen LogP contribution in [0.1, 0.15) is 96.8 Å². The number of ether oxygens (including phenoxy) is 4. The summed E-state index contributed by atoms with van der Waals surface area (Å²) in [5, 5.41) is 70.4. The zero-order chi connectivity index (χ0) is 28.6. The Kier molecular flexibility index (Phi) is 17.5. The average molecular weight is 567 g/mol.